The van der Waals surface area contributed by atoms with Crippen LogP contribution in [0.2, 0.25) is 0 Å². The molecule has 1 saturated heterocycles. The number of carbonyl (C=O) groups is 1. The molecule has 0 N–H and O–H groups in total. The van der Waals surface area contributed by atoms with Crippen LogP contribution in [0.25, 0.3) is 0 Å². The fourth-order valence-electron chi connectivity index (χ4n) is 3.51. The molecule has 0 unspecified atom stereocenters. The van der Waals surface area contributed by atoms with Gasteiger partial charge in [-0.3, -0.25) is 14.4 Å². The summed E-state index contributed by atoms with van der Waals surface area (Å²) in [4.78, 5) is 21.7. The molecule has 2 aliphatic rings. The number of nitrogens with zero attached hydrogens (tertiary/aromatic N) is 5. The maximum atomic E-state index is 12.6. The van der Waals surface area contributed by atoms with E-state index in [0.717, 1.165) is 38.4 Å². The normalized spacial score (nSPS) is 19.3. The Kier molecular flexibility index (Phi) is 4.60. The molecule has 0 spiro atoms. The molecule has 0 aromatic carbocycles. The van der Waals surface area contributed by atoms with Crippen LogP contribution in [-0.2, 0) is 13.6 Å². The van der Waals surface area contributed by atoms with E-state index in [2.05, 4.69) is 15.4 Å². The summed E-state index contributed by atoms with van der Waals surface area (Å²) in [7, 11) is 3.75. The van der Waals surface area contributed by atoms with Gasteiger partial charge in [0.25, 0.3) is 5.91 Å². The number of piperidine rings is 1. The Hall–Kier alpha value is -1.73. The number of hydrogen-bond acceptors (Lipinski definition) is 5. The average molecular weight is 359 g/mol. The Balaban J connectivity index is 1.29. The molecule has 25 heavy (non-hydrogen) atoms. The van der Waals surface area contributed by atoms with Crippen molar-refractivity contribution in [3.8, 4) is 0 Å². The topological polar surface area (TPSA) is 54.3 Å². The molecule has 3 heterocycles. The summed E-state index contributed by atoms with van der Waals surface area (Å²) in [6.07, 6.45) is 8.09. The van der Waals surface area contributed by atoms with Crippen molar-refractivity contribution >= 4 is 17.2 Å². The molecule has 6 nitrogen and oxygen atoms in total. The van der Waals surface area contributed by atoms with Crippen molar-refractivity contribution in [2.75, 3.05) is 20.1 Å². The van der Waals surface area contributed by atoms with Crippen LogP contribution < -0.4 is 0 Å². The van der Waals surface area contributed by atoms with Crippen molar-refractivity contribution in [2.24, 2.45) is 7.05 Å². The molecule has 1 saturated carbocycles. The van der Waals surface area contributed by atoms with Gasteiger partial charge < -0.3 is 4.90 Å². The lowest BCUT2D eigenvalue weighted by molar-refractivity contribution is 0.0635. The Morgan fingerprint density at radius 3 is 2.72 bits per heavy atom. The summed E-state index contributed by atoms with van der Waals surface area (Å²) in [6, 6.07) is 0.307. The van der Waals surface area contributed by atoms with Gasteiger partial charge in [-0.1, -0.05) is 0 Å². The van der Waals surface area contributed by atoms with Crippen LogP contribution in [0.15, 0.2) is 17.8 Å². The molecule has 0 bridgehead atoms. The van der Waals surface area contributed by atoms with E-state index in [9.17, 15) is 4.79 Å². The van der Waals surface area contributed by atoms with Crippen LogP contribution in [0, 0.1) is 0 Å². The maximum Gasteiger partial charge on any atom is 0.257 e. The maximum absolute atomic E-state index is 12.6. The van der Waals surface area contributed by atoms with Crippen molar-refractivity contribution in [1.82, 2.24) is 24.6 Å². The number of aryl methyl sites for hydroxylation is 1. The van der Waals surface area contributed by atoms with Crippen molar-refractivity contribution in [1.29, 1.82) is 0 Å². The van der Waals surface area contributed by atoms with E-state index >= 15 is 0 Å². The molecule has 1 aliphatic carbocycles. The summed E-state index contributed by atoms with van der Waals surface area (Å²) in [5.41, 5.74) is 1.88. The third-order valence-electron chi connectivity index (χ3n) is 5.26. The second-order valence-corrected chi connectivity index (χ2v) is 8.17. The number of rotatable bonds is 5. The Morgan fingerprint density at radius 2 is 2.08 bits per heavy atom. The molecule has 4 rings (SSSR count). The van der Waals surface area contributed by atoms with Gasteiger partial charge in [0.2, 0.25) is 0 Å². The quantitative estimate of drug-likeness (QED) is 0.823. The predicted molar refractivity (Wildman–Crippen MR) is 97.7 cm³/mol. The second-order valence-electron chi connectivity index (χ2n) is 7.28. The first kappa shape index (κ1) is 16.7. The van der Waals surface area contributed by atoms with Gasteiger partial charge >= 0.3 is 0 Å². The van der Waals surface area contributed by atoms with Gasteiger partial charge in [0.05, 0.1) is 22.5 Å². The van der Waals surface area contributed by atoms with Crippen molar-refractivity contribution in [3.63, 3.8) is 0 Å². The monoisotopic (exact) mass is 359 g/mol. The second kappa shape index (κ2) is 6.88. The van der Waals surface area contributed by atoms with Gasteiger partial charge in [0.15, 0.2) is 0 Å². The summed E-state index contributed by atoms with van der Waals surface area (Å²) < 4.78 is 1.67. The number of likely N-dealkylation sites (tertiary alicyclic amines) is 1. The predicted octanol–water partition coefficient (Wildman–Crippen LogP) is 2.49. The standard InChI is InChI=1S/C18H25N5OS/c1-21-10-14(9-19-21)18(24)22(2)16-5-7-23(8-6-16)11-15-12-25-17(20-15)13-3-4-13/h9-10,12-13,16H,3-8,11H2,1-2H3. The minimum absolute atomic E-state index is 0.0696. The van der Waals surface area contributed by atoms with Crippen molar-refractivity contribution in [2.45, 2.75) is 44.2 Å². The van der Waals surface area contributed by atoms with E-state index in [0.29, 0.717) is 11.6 Å². The molecule has 1 amide bonds. The highest BCUT2D eigenvalue weighted by Crippen LogP contribution is 2.41. The zero-order valence-corrected chi connectivity index (χ0v) is 15.7. The van der Waals surface area contributed by atoms with E-state index in [1.807, 2.05) is 30.3 Å². The highest BCUT2D eigenvalue weighted by molar-refractivity contribution is 7.09. The Bertz CT molecular complexity index is 742. The molecule has 7 heteroatoms. The molecule has 2 fully saturated rings. The van der Waals surface area contributed by atoms with Gasteiger partial charge in [-0.25, -0.2) is 4.98 Å². The fourth-order valence-corrected chi connectivity index (χ4v) is 4.49. The number of aromatic nitrogens is 3. The van der Waals surface area contributed by atoms with Crippen LogP contribution in [-0.4, -0.2) is 56.7 Å². The zero-order chi connectivity index (χ0) is 17.4. The highest BCUT2D eigenvalue weighted by Gasteiger charge is 2.28. The summed E-state index contributed by atoms with van der Waals surface area (Å²) >= 11 is 1.82. The zero-order valence-electron chi connectivity index (χ0n) is 14.9. The molecule has 0 atom stereocenters. The van der Waals surface area contributed by atoms with Crippen molar-refractivity contribution < 1.29 is 4.79 Å². The number of carbonyl (C=O) groups excluding carboxylic acids is 1. The van der Waals surface area contributed by atoms with E-state index < -0.39 is 0 Å². The molecule has 134 valence electrons. The first-order chi connectivity index (χ1) is 12.1. The third kappa shape index (κ3) is 3.77. The lowest BCUT2D eigenvalue weighted by Crippen LogP contribution is -2.45. The van der Waals surface area contributed by atoms with Crippen LogP contribution in [0.4, 0.5) is 0 Å². The lowest BCUT2D eigenvalue weighted by Gasteiger charge is -2.36. The average Bonchev–Trinajstić information content (AvgIpc) is 3.22. The molecular formula is C18H25N5OS. The highest BCUT2D eigenvalue weighted by atomic mass is 32.1. The van der Waals surface area contributed by atoms with Gasteiger partial charge in [-0.15, -0.1) is 11.3 Å². The van der Waals surface area contributed by atoms with E-state index in [1.165, 1.54) is 23.5 Å². The number of amides is 1. The number of hydrogen-bond donors (Lipinski definition) is 0. The lowest BCUT2D eigenvalue weighted by atomic mass is 10.0. The minimum Gasteiger partial charge on any atom is -0.339 e. The van der Waals surface area contributed by atoms with Gasteiger partial charge in [0.1, 0.15) is 0 Å². The Morgan fingerprint density at radius 1 is 1.32 bits per heavy atom. The van der Waals surface area contributed by atoms with Crippen LogP contribution in [0.3, 0.4) is 0 Å². The van der Waals surface area contributed by atoms with E-state index in [-0.39, 0.29) is 5.91 Å². The summed E-state index contributed by atoms with van der Waals surface area (Å²) in [5.74, 6) is 0.816. The van der Waals surface area contributed by atoms with Crippen LogP contribution >= 0.6 is 11.3 Å². The van der Waals surface area contributed by atoms with Gasteiger partial charge in [-0.05, 0) is 25.7 Å². The van der Waals surface area contributed by atoms with Crippen LogP contribution in [0.1, 0.15) is 52.7 Å². The summed E-state index contributed by atoms with van der Waals surface area (Å²) in [6.45, 7) is 2.98. The molecule has 1 aliphatic heterocycles. The SMILES string of the molecule is CN(C(=O)c1cnn(C)c1)C1CCN(Cc2csc(C3CC3)n2)CC1. The van der Waals surface area contributed by atoms with Gasteiger partial charge in [0, 0.05) is 57.3 Å². The first-order valence-corrected chi connectivity index (χ1v) is 9.90. The third-order valence-corrected chi connectivity index (χ3v) is 6.31. The number of thiazole rings is 1. The van der Waals surface area contributed by atoms with E-state index in [4.69, 9.17) is 4.98 Å². The molecular weight excluding hydrogens is 334 g/mol. The minimum atomic E-state index is 0.0696. The van der Waals surface area contributed by atoms with E-state index in [1.54, 1.807) is 17.1 Å². The molecule has 2 aromatic rings. The summed E-state index contributed by atoms with van der Waals surface area (Å²) in [5, 5.41) is 7.64. The first-order valence-electron chi connectivity index (χ1n) is 9.02. The van der Waals surface area contributed by atoms with Crippen molar-refractivity contribution in [3.05, 3.63) is 34.0 Å². The molecule has 2 aromatic heterocycles. The largest absolute Gasteiger partial charge is 0.339 e. The smallest absolute Gasteiger partial charge is 0.257 e. The Labute approximate surface area is 152 Å². The van der Waals surface area contributed by atoms with Gasteiger partial charge in [-0.2, -0.15) is 5.10 Å². The molecule has 0 radical (unpaired) electrons. The fraction of sp³-hybridized carbons (Fsp3) is 0.611. The van der Waals surface area contributed by atoms with Crippen LogP contribution in [0.5, 0.6) is 0 Å².